The lowest BCUT2D eigenvalue weighted by Gasteiger charge is -2.12. The lowest BCUT2D eigenvalue weighted by molar-refractivity contribution is 0.558. The van der Waals surface area contributed by atoms with Crippen molar-refractivity contribution < 1.29 is 4.79 Å². The van der Waals surface area contributed by atoms with E-state index in [1.54, 1.807) is 6.08 Å². The molecule has 1 atom stereocenters. The van der Waals surface area contributed by atoms with E-state index >= 15 is 0 Å². The molecular weight excluding hydrogens is 186 g/mol. The molecular formula is C13H17NO. The van der Waals surface area contributed by atoms with Crippen molar-refractivity contribution in [3.63, 3.8) is 0 Å². The second kappa shape index (κ2) is 4.90. The Labute approximate surface area is 91.0 Å². The SMILES string of the molecule is Cc1cc(C)c(CC(C)N=C=O)c(C)c1. The van der Waals surface area contributed by atoms with E-state index in [4.69, 9.17) is 0 Å². The zero-order valence-corrected chi connectivity index (χ0v) is 9.79. The van der Waals surface area contributed by atoms with Gasteiger partial charge in [-0.05, 0) is 50.8 Å². The van der Waals surface area contributed by atoms with Gasteiger partial charge in [-0.15, -0.1) is 0 Å². The Morgan fingerprint density at radius 2 is 1.80 bits per heavy atom. The summed E-state index contributed by atoms with van der Waals surface area (Å²) >= 11 is 0. The molecule has 0 amide bonds. The first kappa shape index (κ1) is 11.7. The summed E-state index contributed by atoms with van der Waals surface area (Å²) in [6, 6.07) is 4.35. The molecule has 1 aromatic carbocycles. The van der Waals surface area contributed by atoms with Crippen molar-refractivity contribution in [3.8, 4) is 0 Å². The van der Waals surface area contributed by atoms with E-state index in [0.717, 1.165) is 6.42 Å². The van der Waals surface area contributed by atoms with Gasteiger partial charge >= 0.3 is 0 Å². The summed E-state index contributed by atoms with van der Waals surface area (Å²) in [5, 5.41) is 0. The van der Waals surface area contributed by atoms with Crippen molar-refractivity contribution in [1.82, 2.24) is 0 Å². The molecule has 0 aliphatic rings. The van der Waals surface area contributed by atoms with Gasteiger partial charge < -0.3 is 0 Å². The molecule has 0 heterocycles. The van der Waals surface area contributed by atoms with Crippen molar-refractivity contribution in [2.45, 2.75) is 40.2 Å². The van der Waals surface area contributed by atoms with Crippen LogP contribution in [0.4, 0.5) is 0 Å². The van der Waals surface area contributed by atoms with Crippen LogP contribution in [-0.2, 0) is 11.2 Å². The fourth-order valence-electron chi connectivity index (χ4n) is 1.96. The Kier molecular flexibility index (Phi) is 3.81. The van der Waals surface area contributed by atoms with Gasteiger partial charge in [-0.3, -0.25) is 0 Å². The number of hydrogen-bond donors (Lipinski definition) is 0. The average molecular weight is 203 g/mol. The third kappa shape index (κ3) is 3.03. The first-order valence-corrected chi connectivity index (χ1v) is 5.18. The van der Waals surface area contributed by atoms with Gasteiger partial charge in [0.2, 0.25) is 6.08 Å². The van der Waals surface area contributed by atoms with Crippen molar-refractivity contribution in [2.75, 3.05) is 0 Å². The molecule has 1 unspecified atom stereocenters. The molecule has 0 spiro atoms. The Bertz CT molecular complexity index is 380. The van der Waals surface area contributed by atoms with Crippen molar-refractivity contribution in [2.24, 2.45) is 4.99 Å². The monoisotopic (exact) mass is 203 g/mol. The standard InChI is InChI=1S/C13H17NO/c1-9-5-10(2)13(11(3)6-9)7-12(4)14-8-15/h5-6,12H,7H2,1-4H3. The first-order valence-electron chi connectivity index (χ1n) is 5.18. The molecule has 0 radical (unpaired) electrons. The Hall–Kier alpha value is -1.40. The van der Waals surface area contributed by atoms with Crippen LogP contribution in [-0.4, -0.2) is 12.1 Å². The maximum Gasteiger partial charge on any atom is 0.235 e. The van der Waals surface area contributed by atoms with Gasteiger partial charge in [-0.2, -0.15) is 0 Å². The number of rotatable bonds is 3. The minimum absolute atomic E-state index is 0.0163. The molecule has 2 heteroatoms. The largest absolute Gasteiger partial charge is 0.235 e. The lowest BCUT2D eigenvalue weighted by Crippen LogP contribution is -2.06. The minimum atomic E-state index is 0.0163. The Balaban J connectivity index is 2.99. The maximum atomic E-state index is 10.1. The van der Waals surface area contributed by atoms with E-state index in [9.17, 15) is 4.79 Å². The van der Waals surface area contributed by atoms with Crippen LogP contribution < -0.4 is 0 Å². The second-order valence-electron chi connectivity index (χ2n) is 4.15. The minimum Gasteiger partial charge on any atom is -0.211 e. The maximum absolute atomic E-state index is 10.1. The van der Waals surface area contributed by atoms with Gasteiger partial charge in [0.05, 0.1) is 6.04 Å². The molecule has 0 aliphatic carbocycles. The number of hydrogen-bond acceptors (Lipinski definition) is 2. The normalized spacial score (nSPS) is 12.0. The number of isocyanates is 1. The average Bonchev–Trinajstić information content (AvgIpc) is 2.11. The van der Waals surface area contributed by atoms with Crippen LogP contribution in [0.5, 0.6) is 0 Å². The third-order valence-electron chi connectivity index (χ3n) is 2.61. The van der Waals surface area contributed by atoms with E-state index in [2.05, 4.69) is 37.9 Å². The van der Waals surface area contributed by atoms with Crippen molar-refractivity contribution >= 4 is 6.08 Å². The molecule has 0 aromatic heterocycles. The van der Waals surface area contributed by atoms with Crippen LogP contribution in [0.2, 0.25) is 0 Å². The van der Waals surface area contributed by atoms with Crippen LogP contribution in [0.3, 0.4) is 0 Å². The van der Waals surface area contributed by atoms with Gasteiger partial charge in [-0.25, -0.2) is 9.79 Å². The highest BCUT2D eigenvalue weighted by molar-refractivity contribution is 5.39. The fourth-order valence-corrected chi connectivity index (χ4v) is 1.96. The summed E-state index contributed by atoms with van der Waals surface area (Å²) < 4.78 is 0. The number of aryl methyl sites for hydroxylation is 3. The summed E-state index contributed by atoms with van der Waals surface area (Å²) in [4.78, 5) is 13.9. The van der Waals surface area contributed by atoms with Gasteiger partial charge in [0, 0.05) is 0 Å². The van der Waals surface area contributed by atoms with Crippen LogP contribution >= 0.6 is 0 Å². The zero-order valence-electron chi connectivity index (χ0n) is 9.79. The summed E-state index contributed by atoms with van der Waals surface area (Å²) in [6.45, 7) is 8.24. The topological polar surface area (TPSA) is 29.4 Å². The second-order valence-corrected chi connectivity index (χ2v) is 4.15. The van der Waals surface area contributed by atoms with E-state index in [1.165, 1.54) is 22.3 Å². The van der Waals surface area contributed by atoms with Crippen molar-refractivity contribution in [3.05, 3.63) is 34.4 Å². The van der Waals surface area contributed by atoms with Gasteiger partial charge in [0.1, 0.15) is 0 Å². The first-order chi connectivity index (χ1) is 7.04. The Morgan fingerprint density at radius 1 is 1.27 bits per heavy atom. The van der Waals surface area contributed by atoms with Crippen LogP contribution in [0.1, 0.15) is 29.2 Å². The third-order valence-corrected chi connectivity index (χ3v) is 2.61. The fraction of sp³-hybridized carbons (Fsp3) is 0.462. The van der Waals surface area contributed by atoms with Crippen LogP contribution in [0.25, 0.3) is 0 Å². The van der Waals surface area contributed by atoms with E-state index < -0.39 is 0 Å². The molecule has 80 valence electrons. The number of nitrogens with zero attached hydrogens (tertiary/aromatic N) is 1. The van der Waals surface area contributed by atoms with Crippen LogP contribution in [0, 0.1) is 20.8 Å². The molecule has 0 aliphatic heterocycles. The van der Waals surface area contributed by atoms with Crippen LogP contribution in [0.15, 0.2) is 17.1 Å². The summed E-state index contributed by atoms with van der Waals surface area (Å²) in [5.41, 5.74) is 5.13. The van der Waals surface area contributed by atoms with Gasteiger partial charge in [-0.1, -0.05) is 17.7 Å². The number of carbonyl (C=O) groups excluding carboxylic acids is 1. The molecule has 0 bridgehead atoms. The summed E-state index contributed by atoms with van der Waals surface area (Å²) in [7, 11) is 0. The highest BCUT2D eigenvalue weighted by Crippen LogP contribution is 2.18. The van der Waals surface area contributed by atoms with Gasteiger partial charge in [0.25, 0.3) is 0 Å². The molecule has 0 saturated carbocycles. The predicted molar refractivity (Wildman–Crippen MR) is 61.9 cm³/mol. The smallest absolute Gasteiger partial charge is 0.211 e. The molecule has 0 fully saturated rings. The zero-order chi connectivity index (χ0) is 11.4. The highest BCUT2D eigenvalue weighted by Gasteiger charge is 2.07. The molecule has 15 heavy (non-hydrogen) atoms. The molecule has 0 saturated heterocycles. The molecule has 0 N–H and O–H groups in total. The van der Waals surface area contributed by atoms with E-state index in [-0.39, 0.29) is 6.04 Å². The predicted octanol–water partition coefficient (Wildman–Crippen LogP) is 2.88. The quantitative estimate of drug-likeness (QED) is 0.548. The lowest BCUT2D eigenvalue weighted by atomic mass is 9.95. The Morgan fingerprint density at radius 3 is 2.27 bits per heavy atom. The summed E-state index contributed by atoms with van der Waals surface area (Å²) in [6.07, 6.45) is 2.43. The van der Waals surface area contributed by atoms with E-state index in [1.807, 2.05) is 6.92 Å². The molecule has 1 aromatic rings. The number of benzene rings is 1. The molecule has 2 nitrogen and oxygen atoms in total. The highest BCUT2D eigenvalue weighted by atomic mass is 16.1. The van der Waals surface area contributed by atoms with E-state index in [0.29, 0.717) is 0 Å². The van der Waals surface area contributed by atoms with Crippen molar-refractivity contribution in [1.29, 1.82) is 0 Å². The number of aliphatic imine (C=N–C) groups is 1. The molecule has 1 rings (SSSR count). The summed E-state index contributed by atoms with van der Waals surface area (Å²) in [5.74, 6) is 0. The van der Waals surface area contributed by atoms with Gasteiger partial charge in [0.15, 0.2) is 0 Å².